The Morgan fingerprint density at radius 1 is 1.47 bits per heavy atom. The molecule has 0 spiro atoms. The van der Waals surface area contributed by atoms with Crippen LogP contribution in [0, 0.1) is 6.92 Å². The fourth-order valence-corrected chi connectivity index (χ4v) is 2.05. The van der Waals surface area contributed by atoms with Crippen molar-refractivity contribution >= 4 is 27.4 Å². The van der Waals surface area contributed by atoms with Crippen LogP contribution < -0.4 is 11.1 Å². The maximum absolute atomic E-state index is 9.52. The molecule has 1 rings (SSSR count). The summed E-state index contributed by atoms with van der Waals surface area (Å²) in [5.41, 5.74) is 7.08. The number of rotatable bonds is 5. The zero-order chi connectivity index (χ0) is 13.1. The summed E-state index contributed by atoms with van der Waals surface area (Å²) in [7, 11) is 0. The van der Waals surface area contributed by atoms with Crippen LogP contribution in [0.4, 0.5) is 11.5 Å². The number of aliphatic hydroxyl groups excluding tert-OH is 1. The topological polar surface area (TPSA) is 71.2 Å². The van der Waals surface area contributed by atoms with Crippen LogP contribution in [0.25, 0.3) is 0 Å². The Kier molecular flexibility index (Phi) is 4.77. The SMILES string of the molecule is CCC(CC)(CO)Nc1ncc(N)c(C)c1Br. The van der Waals surface area contributed by atoms with Crippen molar-refractivity contribution in [1.82, 2.24) is 4.98 Å². The molecule has 0 unspecified atom stereocenters. The van der Waals surface area contributed by atoms with Crippen molar-refractivity contribution in [2.75, 3.05) is 17.7 Å². The molecule has 17 heavy (non-hydrogen) atoms. The number of halogens is 1. The summed E-state index contributed by atoms with van der Waals surface area (Å²) in [6.45, 7) is 6.11. The van der Waals surface area contributed by atoms with E-state index in [4.69, 9.17) is 5.73 Å². The molecular weight excluding hydrogens is 282 g/mol. The Balaban J connectivity index is 3.06. The molecule has 0 atom stereocenters. The lowest BCUT2D eigenvalue weighted by Crippen LogP contribution is -2.41. The molecular formula is C12H20BrN3O. The van der Waals surface area contributed by atoms with Crippen LogP contribution in [0.3, 0.4) is 0 Å². The van der Waals surface area contributed by atoms with E-state index in [1.165, 1.54) is 0 Å². The van der Waals surface area contributed by atoms with E-state index in [1.54, 1.807) is 6.20 Å². The molecule has 0 aliphatic carbocycles. The van der Waals surface area contributed by atoms with E-state index < -0.39 is 0 Å². The highest BCUT2D eigenvalue weighted by molar-refractivity contribution is 9.10. The lowest BCUT2D eigenvalue weighted by Gasteiger charge is -2.32. The molecule has 4 nitrogen and oxygen atoms in total. The first-order valence-electron chi connectivity index (χ1n) is 5.79. The van der Waals surface area contributed by atoms with Crippen LogP contribution in [0.1, 0.15) is 32.3 Å². The Morgan fingerprint density at radius 3 is 2.53 bits per heavy atom. The summed E-state index contributed by atoms with van der Waals surface area (Å²) in [5.74, 6) is 0.731. The van der Waals surface area contributed by atoms with Gasteiger partial charge in [0, 0.05) is 0 Å². The summed E-state index contributed by atoms with van der Waals surface area (Å²) >= 11 is 3.48. The smallest absolute Gasteiger partial charge is 0.141 e. The van der Waals surface area contributed by atoms with Crippen molar-refractivity contribution in [3.8, 4) is 0 Å². The largest absolute Gasteiger partial charge is 0.397 e. The quantitative estimate of drug-likeness (QED) is 0.782. The van der Waals surface area contributed by atoms with Gasteiger partial charge in [0.1, 0.15) is 5.82 Å². The average molecular weight is 302 g/mol. The molecule has 1 heterocycles. The van der Waals surface area contributed by atoms with E-state index in [2.05, 4.69) is 26.2 Å². The van der Waals surface area contributed by atoms with Gasteiger partial charge < -0.3 is 16.2 Å². The maximum atomic E-state index is 9.52. The highest BCUT2D eigenvalue weighted by Gasteiger charge is 2.26. The molecule has 0 aliphatic rings. The third-order valence-corrected chi connectivity index (χ3v) is 4.31. The minimum Gasteiger partial charge on any atom is -0.397 e. The van der Waals surface area contributed by atoms with Gasteiger partial charge in [-0.2, -0.15) is 0 Å². The van der Waals surface area contributed by atoms with Gasteiger partial charge in [0.15, 0.2) is 0 Å². The van der Waals surface area contributed by atoms with E-state index in [0.717, 1.165) is 28.7 Å². The summed E-state index contributed by atoms with van der Waals surface area (Å²) in [4.78, 5) is 4.27. The van der Waals surface area contributed by atoms with Gasteiger partial charge in [0.25, 0.3) is 0 Å². The fourth-order valence-electron chi connectivity index (χ4n) is 1.62. The van der Waals surface area contributed by atoms with E-state index in [0.29, 0.717) is 5.69 Å². The minimum absolute atomic E-state index is 0.0809. The van der Waals surface area contributed by atoms with Crippen LogP contribution in [-0.2, 0) is 0 Å². The Labute approximate surface area is 111 Å². The first-order valence-corrected chi connectivity index (χ1v) is 6.58. The number of anilines is 2. The molecule has 0 bridgehead atoms. The lowest BCUT2D eigenvalue weighted by molar-refractivity contribution is 0.202. The third kappa shape index (κ3) is 2.90. The predicted molar refractivity (Wildman–Crippen MR) is 75.1 cm³/mol. The first kappa shape index (κ1) is 14.3. The Morgan fingerprint density at radius 2 is 2.06 bits per heavy atom. The van der Waals surface area contributed by atoms with Crippen LogP contribution in [-0.4, -0.2) is 22.2 Å². The summed E-state index contributed by atoms with van der Waals surface area (Å²) in [6, 6.07) is 0. The van der Waals surface area contributed by atoms with Gasteiger partial charge in [0.2, 0.25) is 0 Å². The molecule has 4 N–H and O–H groups in total. The standard InChI is InChI=1S/C12H20BrN3O/c1-4-12(5-2,7-17)16-11-10(13)8(3)9(14)6-15-11/h6,17H,4-5,7,14H2,1-3H3,(H,15,16). The summed E-state index contributed by atoms with van der Waals surface area (Å²) in [5, 5.41) is 12.8. The Hall–Kier alpha value is -0.810. The number of nitrogens with zero attached hydrogens (tertiary/aromatic N) is 1. The van der Waals surface area contributed by atoms with Crippen molar-refractivity contribution < 1.29 is 5.11 Å². The summed E-state index contributed by atoms with van der Waals surface area (Å²) in [6.07, 6.45) is 3.30. The van der Waals surface area contributed by atoms with E-state index in [1.807, 2.05) is 20.8 Å². The van der Waals surface area contributed by atoms with Gasteiger partial charge in [-0.15, -0.1) is 0 Å². The number of hydrogen-bond acceptors (Lipinski definition) is 4. The van der Waals surface area contributed by atoms with Crippen LogP contribution in [0.15, 0.2) is 10.7 Å². The monoisotopic (exact) mass is 301 g/mol. The highest BCUT2D eigenvalue weighted by Crippen LogP contribution is 2.31. The lowest BCUT2D eigenvalue weighted by atomic mass is 9.94. The van der Waals surface area contributed by atoms with Crippen molar-refractivity contribution in [1.29, 1.82) is 0 Å². The Bertz CT molecular complexity index is 383. The zero-order valence-corrected chi connectivity index (χ0v) is 12.1. The number of aliphatic hydroxyl groups is 1. The molecule has 0 aliphatic heterocycles. The minimum atomic E-state index is -0.321. The average Bonchev–Trinajstić information content (AvgIpc) is 2.36. The number of nitrogen functional groups attached to an aromatic ring is 1. The van der Waals surface area contributed by atoms with Crippen LogP contribution >= 0.6 is 15.9 Å². The van der Waals surface area contributed by atoms with Gasteiger partial charge >= 0.3 is 0 Å². The van der Waals surface area contributed by atoms with Gasteiger partial charge in [-0.1, -0.05) is 13.8 Å². The molecule has 0 saturated carbocycles. The highest BCUT2D eigenvalue weighted by atomic mass is 79.9. The van der Waals surface area contributed by atoms with Gasteiger partial charge in [0.05, 0.1) is 28.5 Å². The number of pyridine rings is 1. The second kappa shape index (κ2) is 5.69. The number of nitrogens with one attached hydrogen (secondary N) is 1. The second-order valence-corrected chi connectivity index (χ2v) is 5.06. The predicted octanol–water partition coefficient (Wildman–Crippen LogP) is 2.70. The van der Waals surface area contributed by atoms with Crippen molar-refractivity contribution in [3.05, 3.63) is 16.2 Å². The number of hydrogen-bond donors (Lipinski definition) is 3. The molecule has 1 aromatic heterocycles. The van der Waals surface area contributed by atoms with E-state index in [-0.39, 0.29) is 12.1 Å². The number of aromatic nitrogens is 1. The summed E-state index contributed by atoms with van der Waals surface area (Å²) < 4.78 is 0.859. The first-order chi connectivity index (χ1) is 7.99. The molecule has 0 fully saturated rings. The molecule has 0 radical (unpaired) electrons. The molecule has 1 aromatic rings. The van der Waals surface area contributed by atoms with Gasteiger partial charge in [-0.25, -0.2) is 4.98 Å². The normalized spacial score (nSPS) is 11.6. The van der Waals surface area contributed by atoms with Gasteiger partial charge in [-0.05, 0) is 41.3 Å². The van der Waals surface area contributed by atoms with Crippen molar-refractivity contribution in [2.45, 2.75) is 39.2 Å². The molecule has 0 saturated heterocycles. The van der Waals surface area contributed by atoms with E-state index in [9.17, 15) is 5.11 Å². The molecule has 0 amide bonds. The second-order valence-electron chi connectivity index (χ2n) is 4.27. The van der Waals surface area contributed by atoms with Crippen LogP contribution in [0.5, 0.6) is 0 Å². The maximum Gasteiger partial charge on any atom is 0.141 e. The zero-order valence-electron chi connectivity index (χ0n) is 10.5. The molecule has 0 aromatic carbocycles. The van der Waals surface area contributed by atoms with Crippen molar-refractivity contribution in [3.63, 3.8) is 0 Å². The van der Waals surface area contributed by atoms with Crippen molar-refractivity contribution in [2.24, 2.45) is 0 Å². The third-order valence-electron chi connectivity index (χ3n) is 3.34. The molecule has 5 heteroatoms. The van der Waals surface area contributed by atoms with Crippen LogP contribution in [0.2, 0.25) is 0 Å². The van der Waals surface area contributed by atoms with Gasteiger partial charge in [-0.3, -0.25) is 0 Å². The molecule has 96 valence electrons. The number of nitrogens with two attached hydrogens (primary N) is 1. The fraction of sp³-hybridized carbons (Fsp3) is 0.583. The van der Waals surface area contributed by atoms with E-state index >= 15 is 0 Å².